The number of hydrogen-bond acceptors (Lipinski definition) is 8. The number of nitrogens with zero attached hydrogens (tertiary/aromatic N) is 4. The Morgan fingerprint density at radius 1 is 1.26 bits per heavy atom. The van der Waals surface area contributed by atoms with Crippen LogP contribution in [0.1, 0.15) is 11.8 Å². The van der Waals surface area contributed by atoms with E-state index in [9.17, 15) is 8.42 Å². The van der Waals surface area contributed by atoms with Crippen LogP contribution in [-0.4, -0.2) is 41.7 Å². The summed E-state index contributed by atoms with van der Waals surface area (Å²) in [4.78, 5) is 5.28. The minimum absolute atomic E-state index is 0.00269. The van der Waals surface area contributed by atoms with Gasteiger partial charge in [-0.1, -0.05) is 12.1 Å². The van der Waals surface area contributed by atoms with Crippen molar-refractivity contribution in [3.05, 3.63) is 47.0 Å². The monoisotopic (exact) mass is 403 g/mol. The van der Waals surface area contributed by atoms with Gasteiger partial charge in [-0.15, -0.1) is 21.5 Å². The highest BCUT2D eigenvalue weighted by molar-refractivity contribution is 7.89. The van der Waals surface area contributed by atoms with Crippen molar-refractivity contribution in [3.8, 4) is 22.6 Å². The van der Waals surface area contributed by atoms with Gasteiger partial charge in [0.1, 0.15) is 5.54 Å². The van der Waals surface area contributed by atoms with Crippen molar-refractivity contribution in [3.63, 3.8) is 0 Å². The molecule has 0 radical (unpaired) electrons. The third-order valence-electron chi connectivity index (χ3n) is 4.50. The smallest absolute Gasteiger partial charge is 0.247 e. The quantitative estimate of drug-likeness (QED) is 0.717. The Kier molecular flexibility index (Phi) is 4.04. The molecule has 0 saturated carbocycles. The van der Waals surface area contributed by atoms with Crippen LogP contribution in [0.15, 0.2) is 51.5 Å². The molecule has 2 aromatic heterocycles. The zero-order valence-electron chi connectivity index (χ0n) is 14.7. The standard InChI is InChI=1S/C17H17N5O3S2/c1-17(9-27(23,24)22(2)16(18)20-17)14-7-13(8-26-14)11-4-3-5-12(6-11)15-21-19-10-25-15/h3-8,10H,9H2,1-2H3,(H2,18,20)/t17-/m0/s1. The van der Waals surface area contributed by atoms with Crippen LogP contribution in [0.4, 0.5) is 0 Å². The van der Waals surface area contributed by atoms with E-state index in [2.05, 4.69) is 15.2 Å². The molecule has 10 heteroatoms. The average molecular weight is 403 g/mol. The second-order valence-electron chi connectivity index (χ2n) is 6.49. The molecule has 3 aromatic rings. The first-order valence-corrected chi connectivity index (χ1v) is 10.6. The Balaban J connectivity index is 1.72. The molecule has 0 bridgehead atoms. The molecule has 2 N–H and O–H groups in total. The fraction of sp³-hybridized carbons (Fsp3) is 0.235. The fourth-order valence-corrected chi connectivity index (χ4v) is 5.54. The van der Waals surface area contributed by atoms with Gasteiger partial charge in [-0.2, -0.15) is 0 Å². The van der Waals surface area contributed by atoms with Gasteiger partial charge in [0.2, 0.25) is 28.3 Å². The van der Waals surface area contributed by atoms with E-state index in [1.807, 2.05) is 35.7 Å². The zero-order valence-corrected chi connectivity index (χ0v) is 16.3. The third kappa shape index (κ3) is 3.10. The van der Waals surface area contributed by atoms with Crippen LogP contribution in [0.3, 0.4) is 0 Å². The lowest BCUT2D eigenvalue weighted by Crippen LogP contribution is -2.50. The van der Waals surface area contributed by atoms with E-state index in [1.54, 1.807) is 6.92 Å². The Morgan fingerprint density at radius 2 is 2.04 bits per heavy atom. The van der Waals surface area contributed by atoms with Gasteiger partial charge in [0.05, 0.1) is 5.75 Å². The van der Waals surface area contributed by atoms with Crippen molar-refractivity contribution in [2.75, 3.05) is 12.8 Å². The predicted octanol–water partition coefficient (Wildman–Crippen LogP) is 2.27. The summed E-state index contributed by atoms with van der Waals surface area (Å²) in [5.41, 5.74) is 7.66. The van der Waals surface area contributed by atoms with Gasteiger partial charge in [-0.25, -0.2) is 17.7 Å². The van der Waals surface area contributed by atoms with Crippen molar-refractivity contribution in [1.82, 2.24) is 14.5 Å². The lowest BCUT2D eigenvalue weighted by atomic mass is 10.0. The van der Waals surface area contributed by atoms with Crippen molar-refractivity contribution in [2.45, 2.75) is 12.5 Å². The van der Waals surface area contributed by atoms with Crippen LogP contribution >= 0.6 is 11.3 Å². The molecule has 0 amide bonds. The van der Waals surface area contributed by atoms with Gasteiger partial charge in [-0.3, -0.25) is 0 Å². The molecular weight excluding hydrogens is 386 g/mol. The lowest BCUT2D eigenvalue weighted by Gasteiger charge is -2.33. The number of benzene rings is 1. The molecule has 140 valence electrons. The molecule has 0 fully saturated rings. The number of hydrogen-bond donors (Lipinski definition) is 1. The third-order valence-corrected chi connectivity index (χ3v) is 7.63. The van der Waals surface area contributed by atoms with Gasteiger partial charge < -0.3 is 10.2 Å². The molecule has 4 rings (SSSR count). The van der Waals surface area contributed by atoms with Crippen LogP contribution in [0.5, 0.6) is 0 Å². The molecule has 3 heterocycles. The van der Waals surface area contributed by atoms with E-state index >= 15 is 0 Å². The van der Waals surface area contributed by atoms with E-state index in [0.717, 1.165) is 25.9 Å². The van der Waals surface area contributed by atoms with Crippen molar-refractivity contribution < 1.29 is 12.8 Å². The van der Waals surface area contributed by atoms with E-state index in [1.165, 1.54) is 24.8 Å². The van der Waals surface area contributed by atoms with Crippen molar-refractivity contribution in [1.29, 1.82) is 0 Å². The SMILES string of the molecule is CN1C(N)=N[C@](C)(c2cc(-c3cccc(-c4nnco4)c3)cs2)CS1(=O)=O. The summed E-state index contributed by atoms with van der Waals surface area (Å²) in [5, 5.41) is 9.60. The first kappa shape index (κ1) is 17.7. The second kappa shape index (κ2) is 6.17. The fourth-order valence-electron chi connectivity index (χ4n) is 2.98. The normalized spacial score (nSPS) is 21.9. The molecular formula is C17H17N5O3S2. The Bertz CT molecular complexity index is 1120. The molecule has 0 unspecified atom stereocenters. The summed E-state index contributed by atoms with van der Waals surface area (Å²) in [6.45, 7) is 1.79. The first-order chi connectivity index (χ1) is 12.8. The maximum Gasteiger partial charge on any atom is 0.247 e. The highest BCUT2D eigenvalue weighted by Crippen LogP contribution is 2.38. The van der Waals surface area contributed by atoms with Gasteiger partial charge >= 0.3 is 0 Å². The number of aliphatic imine (C=N–C) groups is 1. The Hall–Kier alpha value is -2.72. The number of thiophene rings is 1. The maximum atomic E-state index is 12.4. The highest BCUT2D eigenvalue weighted by atomic mass is 32.2. The molecule has 8 nitrogen and oxygen atoms in total. The molecule has 1 atom stereocenters. The molecule has 1 aliphatic rings. The molecule has 0 saturated heterocycles. The van der Waals surface area contributed by atoms with Crippen LogP contribution < -0.4 is 5.73 Å². The summed E-state index contributed by atoms with van der Waals surface area (Å²) in [6, 6.07) is 9.67. The maximum absolute atomic E-state index is 12.4. The van der Waals surface area contributed by atoms with Gasteiger partial charge in [0, 0.05) is 17.5 Å². The Morgan fingerprint density at radius 3 is 2.74 bits per heavy atom. The number of guanidine groups is 1. The summed E-state index contributed by atoms with van der Waals surface area (Å²) in [6.07, 6.45) is 1.29. The summed E-state index contributed by atoms with van der Waals surface area (Å²) < 4.78 is 31.0. The minimum Gasteiger partial charge on any atom is -0.423 e. The van der Waals surface area contributed by atoms with Gasteiger partial charge in [-0.05, 0) is 41.6 Å². The average Bonchev–Trinajstić information content (AvgIpc) is 3.31. The van der Waals surface area contributed by atoms with Crippen LogP contribution in [0, 0.1) is 0 Å². The lowest BCUT2D eigenvalue weighted by molar-refractivity contribution is 0.482. The molecule has 27 heavy (non-hydrogen) atoms. The summed E-state index contributed by atoms with van der Waals surface area (Å²) in [7, 11) is -2.09. The first-order valence-electron chi connectivity index (χ1n) is 8.06. The van der Waals surface area contributed by atoms with Crippen LogP contribution in [0.2, 0.25) is 0 Å². The summed E-state index contributed by atoms with van der Waals surface area (Å²) in [5.74, 6) is 0.314. The molecule has 1 aliphatic heterocycles. The zero-order chi connectivity index (χ0) is 19.2. The van der Waals surface area contributed by atoms with Gasteiger partial charge in [0.25, 0.3) is 0 Å². The topological polar surface area (TPSA) is 115 Å². The largest absolute Gasteiger partial charge is 0.423 e. The van der Waals surface area contributed by atoms with Crippen LogP contribution in [0.25, 0.3) is 22.6 Å². The van der Waals surface area contributed by atoms with E-state index in [0.29, 0.717) is 5.89 Å². The Labute approximate surface area is 160 Å². The molecule has 0 spiro atoms. The summed E-state index contributed by atoms with van der Waals surface area (Å²) >= 11 is 1.46. The van der Waals surface area contributed by atoms with E-state index in [-0.39, 0.29) is 11.7 Å². The number of sulfonamides is 1. The van der Waals surface area contributed by atoms with Gasteiger partial charge in [0.15, 0.2) is 0 Å². The molecule has 0 aliphatic carbocycles. The second-order valence-corrected chi connectivity index (χ2v) is 9.40. The highest BCUT2D eigenvalue weighted by Gasteiger charge is 2.41. The molecule has 1 aromatic carbocycles. The predicted molar refractivity (Wildman–Crippen MR) is 104 cm³/mol. The van der Waals surface area contributed by atoms with Crippen LogP contribution in [-0.2, 0) is 15.6 Å². The minimum atomic E-state index is -3.50. The van der Waals surface area contributed by atoms with Crippen molar-refractivity contribution >= 4 is 27.3 Å². The van der Waals surface area contributed by atoms with E-state index in [4.69, 9.17) is 10.2 Å². The number of aromatic nitrogens is 2. The van der Waals surface area contributed by atoms with E-state index < -0.39 is 15.6 Å². The number of nitrogens with two attached hydrogens (primary N) is 1. The van der Waals surface area contributed by atoms with Crippen molar-refractivity contribution in [2.24, 2.45) is 10.7 Å². The number of rotatable bonds is 3.